The highest BCUT2D eigenvalue weighted by molar-refractivity contribution is 5.70. The number of hydrogen-bond donors (Lipinski definition) is 2. The molecule has 2 aromatic carbocycles. The van der Waals surface area contributed by atoms with E-state index in [1.54, 1.807) is 7.11 Å². The molecule has 1 aliphatic rings. The number of nitrogens with zero attached hydrogens (tertiary/aromatic N) is 2. The Balaban J connectivity index is 1.40. The van der Waals surface area contributed by atoms with Gasteiger partial charge in [-0.15, -0.1) is 0 Å². The number of aromatic nitrogens is 2. The van der Waals surface area contributed by atoms with Crippen LogP contribution in [0, 0.1) is 0 Å². The van der Waals surface area contributed by atoms with Crippen LogP contribution < -0.4 is 20.5 Å². The fraction of sp³-hybridized carbons (Fsp3) is 0.250. The number of ether oxygens (including phenoxy) is 3. The summed E-state index contributed by atoms with van der Waals surface area (Å²) >= 11 is 0. The Kier molecular flexibility index (Phi) is 6.64. The lowest BCUT2D eigenvalue weighted by atomic mass is 10.2. The van der Waals surface area contributed by atoms with E-state index in [-0.39, 0.29) is 12.2 Å². The maximum absolute atomic E-state index is 5.89. The molecule has 7 nitrogen and oxygen atoms in total. The van der Waals surface area contributed by atoms with Gasteiger partial charge in [-0.25, -0.2) is 4.98 Å². The van der Waals surface area contributed by atoms with Gasteiger partial charge in [0.15, 0.2) is 6.29 Å². The molecule has 0 bridgehead atoms. The van der Waals surface area contributed by atoms with E-state index in [4.69, 9.17) is 19.9 Å². The predicted molar refractivity (Wildman–Crippen MR) is 122 cm³/mol. The van der Waals surface area contributed by atoms with Crippen LogP contribution in [0.15, 0.2) is 54.6 Å². The van der Waals surface area contributed by atoms with Crippen LogP contribution in [0.2, 0.25) is 0 Å². The first-order valence-corrected chi connectivity index (χ1v) is 10.3. The van der Waals surface area contributed by atoms with Gasteiger partial charge in [-0.2, -0.15) is 4.98 Å². The Morgan fingerprint density at radius 2 is 1.77 bits per heavy atom. The summed E-state index contributed by atoms with van der Waals surface area (Å²) in [5.41, 5.74) is 8.51. The first kappa shape index (κ1) is 20.7. The number of benzene rings is 2. The van der Waals surface area contributed by atoms with E-state index in [9.17, 15) is 0 Å². The van der Waals surface area contributed by atoms with Crippen LogP contribution in [-0.2, 0) is 4.74 Å². The third-order valence-electron chi connectivity index (χ3n) is 4.86. The van der Waals surface area contributed by atoms with Crippen LogP contribution in [0.4, 0.5) is 17.5 Å². The average molecular weight is 418 g/mol. The molecule has 3 N–H and O–H groups in total. The number of hydrogen-bond acceptors (Lipinski definition) is 7. The largest absolute Gasteiger partial charge is 0.497 e. The molecule has 1 aliphatic heterocycles. The molecule has 0 aliphatic carbocycles. The third-order valence-corrected chi connectivity index (χ3v) is 4.86. The maximum Gasteiger partial charge on any atom is 0.222 e. The van der Waals surface area contributed by atoms with Crippen molar-refractivity contribution in [3.8, 4) is 11.5 Å². The van der Waals surface area contributed by atoms with Crippen molar-refractivity contribution in [2.75, 3.05) is 24.8 Å². The molecule has 1 atom stereocenters. The van der Waals surface area contributed by atoms with Gasteiger partial charge in [0.25, 0.3) is 0 Å². The first-order chi connectivity index (χ1) is 15.2. The SMILES string of the molecule is COc1ccc(Nc2cc(/C=C/c3ccc(OC4CCCCO4)cc3)nc(N)n2)cc1. The molecule has 7 heteroatoms. The normalized spacial score (nSPS) is 16.2. The molecule has 0 radical (unpaired) electrons. The number of nitrogen functional groups attached to an aromatic ring is 1. The number of nitrogens with two attached hydrogens (primary N) is 1. The van der Waals surface area contributed by atoms with Crippen LogP contribution in [0.1, 0.15) is 30.5 Å². The van der Waals surface area contributed by atoms with Crippen LogP contribution in [-0.4, -0.2) is 30.0 Å². The van der Waals surface area contributed by atoms with Gasteiger partial charge < -0.3 is 25.3 Å². The number of nitrogens with one attached hydrogen (secondary N) is 1. The van der Waals surface area contributed by atoms with Gasteiger partial charge in [-0.05, 0) is 60.9 Å². The van der Waals surface area contributed by atoms with Crippen LogP contribution in [0.25, 0.3) is 12.2 Å². The Labute approximate surface area is 181 Å². The molecule has 1 unspecified atom stereocenters. The number of anilines is 3. The standard InChI is InChI=1S/C24H26N4O3/c1-29-20-13-9-18(10-14-20)26-22-16-19(27-24(25)28-22)8-5-17-6-11-21(12-7-17)31-23-4-2-3-15-30-23/h5-14,16,23H,2-4,15H2,1H3,(H3,25,26,27,28)/b8-5+. The van der Waals surface area contributed by atoms with Crippen molar-refractivity contribution >= 4 is 29.6 Å². The number of methoxy groups -OCH3 is 1. The Bertz CT molecular complexity index is 1010. The van der Waals surface area contributed by atoms with E-state index in [1.165, 1.54) is 0 Å². The van der Waals surface area contributed by atoms with Crippen molar-refractivity contribution in [2.24, 2.45) is 0 Å². The Morgan fingerprint density at radius 3 is 2.48 bits per heavy atom. The van der Waals surface area contributed by atoms with Crippen molar-refractivity contribution in [1.82, 2.24) is 9.97 Å². The molecular formula is C24H26N4O3. The van der Waals surface area contributed by atoms with Gasteiger partial charge in [-0.1, -0.05) is 18.2 Å². The van der Waals surface area contributed by atoms with Gasteiger partial charge in [0.05, 0.1) is 19.4 Å². The molecule has 2 heterocycles. The van der Waals surface area contributed by atoms with Crippen molar-refractivity contribution in [3.05, 3.63) is 65.9 Å². The van der Waals surface area contributed by atoms with E-state index < -0.39 is 0 Å². The molecule has 1 fully saturated rings. The van der Waals surface area contributed by atoms with Crippen molar-refractivity contribution in [3.63, 3.8) is 0 Å². The first-order valence-electron chi connectivity index (χ1n) is 10.3. The zero-order valence-corrected chi connectivity index (χ0v) is 17.5. The van der Waals surface area contributed by atoms with Gasteiger partial charge >= 0.3 is 0 Å². The lowest BCUT2D eigenvalue weighted by Crippen LogP contribution is -2.24. The monoisotopic (exact) mass is 418 g/mol. The second kappa shape index (κ2) is 9.95. The summed E-state index contributed by atoms with van der Waals surface area (Å²) in [5, 5.41) is 3.23. The summed E-state index contributed by atoms with van der Waals surface area (Å²) in [6.45, 7) is 0.767. The van der Waals surface area contributed by atoms with Crippen molar-refractivity contribution in [1.29, 1.82) is 0 Å². The molecule has 0 saturated carbocycles. The predicted octanol–water partition coefficient (Wildman–Crippen LogP) is 4.89. The van der Waals surface area contributed by atoms with Gasteiger partial charge in [-0.3, -0.25) is 0 Å². The minimum absolute atomic E-state index is 0.143. The minimum Gasteiger partial charge on any atom is -0.497 e. The summed E-state index contributed by atoms with van der Waals surface area (Å²) in [7, 11) is 1.64. The number of rotatable bonds is 7. The summed E-state index contributed by atoms with van der Waals surface area (Å²) < 4.78 is 16.7. The van der Waals surface area contributed by atoms with Crippen molar-refractivity contribution in [2.45, 2.75) is 25.6 Å². The molecule has 160 valence electrons. The summed E-state index contributed by atoms with van der Waals surface area (Å²) in [4.78, 5) is 8.55. The molecule has 0 spiro atoms. The summed E-state index contributed by atoms with van der Waals surface area (Å²) in [6.07, 6.45) is 6.91. The van der Waals surface area contributed by atoms with Crippen LogP contribution >= 0.6 is 0 Å². The van der Waals surface area contributed by atoms with E-state index in [0.717, 1.165) is 48.6 Å². The van der Waals surface area contributed by atoms with E-state index >= 15 is 0 Å². The Morgan fingerprint density at radius 1 is 1.00 bits per heavy atom. The topological polar surface area (TPSA) is 91.5 Å². The molecule has 1 aromatic heterocycles. The van der Waals surface area contributed by atoms with Gasteiger partial charge in [0.2, 0.25) is 5.95 Å². The van der Waals surface area contributed by atoms with E-state index in [1.807, 2.05) is 66.7 Å². The quantitative estimate of drug-likeness (QED) is 0.564. The van der Waals surface area contributed by atoms with Crippen LogP contribution in [0.3, 0.4) is 0 Å². The molecular weight excluding hydrogens is 392 g/mol. The molecule has 4 rings (SSSR count). The second-order valence-electron chi connectivity index (χ2n) is 7.21. The second-order valence-corrected chi connectivity index (χ2v) is 7.21. The van der Waals surface area contributed by atoms with Gasteiger partial charge in [0.1, 0.15) is 17.3 Å². The van der Waals surface area contributed by atoms with Crippen molar-refractivity contribution < 1.29 is 14.2 Å². The lowest BCUT2D eigenvalue weighted by molar-refractivity contribution is -0.105. The van der Waals surface area contributed by atoms with E-state index in [2.05, 4.69) is 15.3 Å². The fourth-order valence-electron chi connectivity index (χ4n) is 3.25. The zero-order chi connectivity index (χ0) is 21.5. The molecule has 0 amide bonds. The third kappa shape index (κ3) is 5.96. The average Bonchev–Trinajstić information content (AvgIpc) is 2.79. The summed E-state index contributed by atoms with van der Waals surface area (Å²) in [5.74, 6) is 2.42. The minimum atomic E-state index is -0.143. The summed E-state index contributed by atoms with van der Waals surface area (Å²) in [6, 6.07) is 17.3. The highest BCUT2D eigenvalue weighted by atomic mass is 16.7. The highest BCUT2D eigenvalue weighted by Gasteiger charge is 2.14. The smallest absolute Gasteiger partial charge is 0.222 e. The van der Waals surface area contributed by atoms with Crippen LogP contribution in [0.5, 0.6) is 11.5 Å². The maximum atomic E-state index is 5.89. The highest BCUT2D eigenvalue weighted by Crippen LogP contribution is 2.22. The zero-order valence-electron chi connectivity index (χ0n) is 17.5. The molecule has 31 heavy (non-hydrogen) atoms. The lowest BCUT2D eigenvalue weighted by Gasteiger charge is -2.23. The van der Waals surface area contributed by atoms with Gasteiger partial charge in [0, 0.05) is 18.2 Å². The Hall–Kier alpha value is -3.58. The molecule has 1 saturated heterocycles. The molecule has 3 aromatic rings. The van der Waals surface area contributed by atoms with E-state index in [0.29, 0.717) is 11.5 Å². The fourth-order valence-corrected chi connectivity index (χ4v) is 3.25.